The lowest BCUT2D eigenvalue weighted by Crippen LogP contribution is -2.07. The molecule has 1 aromatic carbocycles. The fraction of sp³-hybridized carbons (Fsp3) is 0.182. The normalized spacial score (nSPS) is 10.8. The van der Waals surface area contributed by atoms with E-state index < -0.39 is 5.82 Å². The molecule has 4 nitrogen and oxygen atoms in total. The number of halogens is 2. The SMILES string of the molecule is Nc1cc(-c2ccc(Cl)c(F)c2)nn1CCO. The Kier molecular flexibility index (Phi) is 3.31. The maximum Gasteiger partial charge on any atom is 0.142 e. The average molecular weight is 256 g/mol. The van der Waals surface area contributed by atoms with E-state index in [0.29, 0.717) is 23.6 Å². The van der Waals surface area contributed by atoms with E-state index in [2.05, 4.69) is 5.10 Å². The van der Waals surface area contributed by atoms with Gasteiger partial charge in [0.05, 0.1) is 23.9 Å². The van der Waals surface area contributed by atoms with E-state index in [1.165, 1.54) is 16.8 Å². The van der Waals surface area contributed by atoms with Crippen LogP contribution in [0.3, 0.4) is 0 Å². The van der Waals surface area contributed by atoms with Crippen LogP contribution in [0.1, 0.15) is 0 Å². The zero-order valence-electron chi connectivity index (χ0n) is 8.90. The number of benzene rings is 1. The van der Waals surface area contributed by atoms with E-state index >= 15 is 0 Å². The number of nitrogens with two attached hydrogens (primary N) is 1. The molecule has 2 aromatic rings. The minimum absolute atomic E-state index is 0.0553. The van der Waals surface area contributed by atoms with Gasteiger partial charge in [0.1, 0.15) is 11.6 Å². The van der Waals surface area contributed by atoms with Gasteiger partial charge in [0.15, 0.2) is 0 Å². The highest BCUT2D eigenvalue weighted by Crippen LogP contribution is 2.24. The second kappa shape index (κ2) is 4.73. The monoisotopic (exact) mass is 255 g/mol. The van der Waals surface area contributed by atoms with E-state index in [1.807, 2.05) is 0 Å². The molecule has 1 aromatic heterocycles. The molecule has 0 atom stereocenters. The van der Waals surface area contributed by atoms with Gasteiger partial charge in [-0.1, -0.05) is 17.7 Å². The lowest BCUT2D eigenvalue weighted by Gasteiger charge is -2.00. The Bertz CT molecular complexity index is 542. The molecule has 0 saturated carbocycles. The number of anilines is 1. The molecular weight excluding hydrogens is 245 g/mol. The van der Waals surface area contributed by atoms with Gasteiger partial charge in [-0.25, -0.2) is 9.07 Å². The zero-order chi connectivity index (χ0) is 12.4. The zero-order valence-corrected chi connectivity index (χ0v) is 9.65. The second-order valence-corrected chi connectivity index (χ2v) is 3.94. The van der Waals surface area contributed by atoms with E-state index in [1.54, 1.807) is 12.1 Å². The molecule has 0 amide bonds. The summed E-state index contributed by atoms with van der Waals surface area (Å²) < 4.78 is 14.7. The molecule has 2 rings (SSSR count). The molecule has 0 bridgehead atoms. The summed E-state index contributed by atoms with van der Waals surface area (Å²) in [7, 11) is 0. The summed E-state index contributed by atoms with van der Waals surface area (Å²) in [6.45, 7) is 0.252. The summed E-state index contributed by atoms with van der Waals surface area (Å²) in [5.74, 6) is -0.0798. The fourth-order valence-corrected chi connectivity index (χ4v) is 1.62. The van der Waals surface area contributed by atoms with Crippen LogP contribution in [-0.2, 0) is 6.54 Å². The van der Waals surface area contributed by atoms with Crippen molar-refractivity contribution in [2.75, 3.05) is 12.3 Å². The summed E-state index contributed by atoms with van der Waals surface area (Å²) in [4.78, 5) is 0. The van der Waals surface area contributed by atoms with Crippen molar-refractivity contribution in [1.82, 2.24) is 9.78 Å². The summed E-state index contributed by atoms with van der Waals surface area (Å²) in [5.41, 5.74) is 6.84. The number of aromatic nitrogens is 2. The molecule has 0 aliphatic rings. The highest BCUT2D eigenvalue weighted by atomic mass is 35.5. The molecule has 0 fully saturated rings. The van der Waals surface area contributed by atoms with Crippen LogP contribution in [0.5, 0.6) is 0 Å². The number of hydrogen-bond donors (Lipinski definition) is 2. The molecule has 0 saturated heterocycles. The van der Waals surface area contributed by atoms with Gasteiger partial charge in [-0.3, -0.25) is 0 Å². The fourth-order valence-electron chi connectivity index (χ4n) is 1.50. The van der Waals surface area contributed by atoms with Gasteiger partial charge in [0, 0.05) is 11.6 Å². The van der Waals surface area contributed by atoms with E-state index in [9.17, 15) is 4.39 Å². The quantitative estimate of drug-likeness (QED) is 0.881. The number of nitrogens with zero attached hydrogens (tertiary/aromatic N) is 2. The third kappa shape index (κ3) is 2.40. The molecule has 6 heteroatoms. The first-order valence-electron chi connectivity index (χ1n) is 5.01. The van der Waals surface area contributed by atoms with Gasteiger partial charge < -0.3 is 10.8 Å². The smallest absolute Gasteiger partial charge is 0.142 e. The Morgan fingerprint density at radius 1 is 1.41 bits per heavy atom. The number of nitrogen functional groups attached to an aromatic ring is 1. The summed E-state index contributed by atoms with van der Waals surface area (Å²) >= 11 is 5.60. The van der Waals surface area contributed by atoms with Crippen LogP contribution in [-0.4, -0.2) is 21.5 Å². The summed E-state index contributed by atoms with van der Waals surface area (Å²) in [5, 5.41) is 13.0. The number of rotatable bonds is 3. The Hall–Kier alpha value is -1.59. The summed E-state index contributed by atoms with van der Waals surface area (Å²) in [6, 6.07) is 6.05. The predicted molar refractivity (Wildman–Crippen MR) is 64.1 cm³/mol. The molecule has 0 aliphatic heterocycles. The highest BCUT2D eigenvalue weighted by Gasteiger charge is 2.09. The first-order valence-corrected chi connectivity index (χ1v) is 5.39. The number of aliphatic hydroxyl groups excluding tert-OH is 1. The van der Waals surface area contributed by atoms with E-state index in [0.717, 1.165) is 0 Å². The molecule has 0 spiro atoms. The Balaban J connectivity index is 2.39. The Labute approximate surface area is 102 Å². The highest BCUT2D eigenvalue weighted by molar-refractivity contribution is 6.30. The van der Waals surface area contributed by atoms with Crippen molar-refractivity contribution in [3.05, 3.63) is 35.1 Å². The molecule has 0 unspecified atom stereocenters. The van der Waals surface area contributed by atoms with Crippen molar-refractivity contribution in [3.63, 3.8) is 0 Å². The van der Waals surface area contributed by atoms with Crippen LogP contribution >= 0.6 is 11.6 Å². The van der Waals surface area contributed by atoms with Gasteiger partial charge in [-0.05, 0) is 12.1 Å². The minimum Gasteiger partial charge on any atom is -0.394 e. The average Bonchev–Trinajstić information content (AvgIpc) is 2.65. The largest absolute Gasteiger partial charge is 0.394 e. The van der Waals surface area contributed by atoms with Crippen molar-refractivity contribution < 1.29 is 9.50 Å². The molecular formula is C11H11ClFN3O. The molecule has 3 N–H and O–H groups in total. The van der Waals surface area contributed by atoms with Gasteiger partial charge in [0.25, 0.3) is 0 Å². The van der Waals surface area contributed by atoms with Gasteiger partial charge >= 0.3 is 0 Å². The Morgan fingerprint density at radius 3 is 2.82 bits per heavy atom. The first-order chi connectivity index (χ1) is 8.11. The van der Waals surface area contributed by atoms with Crippen molar-refractivity contribution >= 4 is 17.4 Å². The number of aliphatic hydroxyl groups is 1. The first kappa shape index (κ1) is 11.9. The topological polar surface area (TPSA) is 64.1 Å². The van der Waals surface area contributed by atoms with Crippen LogP contribution < -0.4 is 5.73 Å². The van der Waals surface area contributed by atoms with Gasteiger partial charge in [-0.2, -0.15) is 5.10 Å². The van der Waals surface area contributed by atoms with E-state index in [-0.39, 0.29) is 11.6 Å². The van der Waals surface area contributed by atoms with Crippen LogP contribution in [0.2, 0.25) is 5.02 Å². The van der Waals surface area contributed by atoms with E-state index in [4.69, 9.17) is 22.4 Å². The summed E-state index contributed by atoms with van der Waals surface area (Å²) in [6.07, 6.45) is 0. The minimum atomic E-state index is -0.501. The van der Waals surface area contributed by atoms with Crippen LogP contribution in [0.25, 0.3) is 11.3 Å². The molecule has 17 heavy (non-hydrogen) atoms. The van der Waals surface area contributed by atoms with Crippen molar-refractivity contribution in [2.24, 2.45) is 0 Å². The molecule has 1 heterocycles. The maximum atomic E-state index is 13.3. The van der Waals surface area contributed by atoms with Gasteiger partial charge in [-0.15, -0.1) is 0 Å². The van der Waals surface area contributed by atoms with Crippen molar-refractivity contribution in [1.29, 1.82) is 0 Å². The van der Waals surface area contributed by atoms with Crippen molar-refractivity contribution in [2.45, 2.75) is 6.54 Å². The van der Waals surface area contributed by atoms with Crippen molar-refractivity contribution in [3.8, 4) is 11.3 Å². The molecule has 0 aliphatic carbocycles. The van der Waals surface area contributed by atoms with Crippen LogP contribution in [0, 0.1) is 5.82 Å². The Morgan fingerprint density at radius 2 is 2.18 bits per heavy atom. The lowest BCUT2D eigenvalue weighted by atomic mass is 10.1. The molecule has 90 valence electrons. The molecule has 0 radical (unpaired) electrons. The number of hydrogen-bond acceptors (Lipinski definition) is 3. The third-order valence-electron chi connectivity index (χ3n) is 2.34. The lowest BCUT2D eigenvalue weighted by molar-refractivity contribution is 0.270. The maximum absolute atomic E-state index is 13.3. The second-order valence-electron chi connectivity index (χ2n) is 3.53. The van der Waals surface area contributed by atoms with Crippen LogP contribution in [0.15, 0.2) is 24.3 Å². The third-order valence-corrected chi connectivity index (χ3v) is 2.64. The standard InChI is InChI=1S/C11H11ClFN3O/c12-8-2-1-7(5-9(8)13)10-6-11(14)16(15-10)3-4-17/h1-2,5-6,17H,3-4,14H2. The van der Waals surface area contributed by atoms with Crippen LogP contribution in [0.4, 0.5) is 10.2 Å². The predicted octanol–water partition coefficient (Wildman–Crippen LogP) is 1.92. The van der Waals surface area contributed by atoms with Gasteiger partial charge in [0.2, 0.25) is 0 Å².